The number of amides is 4. The van der Waals surface area contributed by atoms with Gasteiger partial charge in [0.25, 0.3) is 11.8 Å². The highest BCUT2D eigenvalue weighted by molar-refractivity contribution is 6.39. The molecule has 0 aliphatic carbocycles. The highest BCUT2D eigenvalue weighted by Gasteiger charge is 2.37. The van der Waals surface area contributed by atoms with Crippen molar-refractivity contribution in [1.82, 2.24) is 5.32 Å². The van der Waals surface area contributed by atoms with E-state index < -0.39 is 17.8 Å². The molecule has 0 unspecified atom stereocenters. The molecule has 5 rings (SSSR count). The molecule has 4 aromatic rings. The number of hydrogen-bond donors (Lipinski definition) is 1. The highest BCUT2D eigenvalue weighted by atomic mass is 16.5. The van der Waals surface area contributed by atoms with E-state index >= 15 is 0 Å². The minimum absolute atomic E-state index is 0.176. The second kappa shape index (κ2) is 11.3. The lowest BCUT2D eigenvalue weighted by Gasteiger charge is -2.26. The number of barbiturate groups is 1. The summed E-state index contributed by atoms with van der Waals surface area (Å²) < 4.78 is 11.7. The van der Waals surface area contributed by atoms with E-state index in [1.807, 2.05) is 66.7 Å². The first-order valence-electron chi connectivity index (χ1n) is 12.0. The van der Waals surface area contributed by atoms with E-state index in [1.165, 1.54) is 6.08 Å². The molecule has 7 nitrogen and oxygen atoms in total. The van der Waals surface area contributed by atoms with Crippen LogP contribution in [0.3, 0.4) is 0 Å². The van der Waals surface area contributed by atoms with Gasteiger partial charge in [-0.3, -0.25) is 14.9 Å². The standard InChI is InChI=1S/C31H24N2O5/c34-29-27(19-24-13-7-8-14-28(24)38-21-23-11-5-2-6-12-23)30(35)33(31(36)32-29)25-15-17-26(18-16-25)37-20-22-9-3-1-4-10-22/h1-19H,20-21H2,(H,32,34,36)/b27-19+. The van der Waals surface area contributed by atoms with Gasteiger partial charge in [-0.25, -0.2) is 9.69 Å². The average Bonchev–Trinajstić information content (AvgIpc) is 2.95. The number of rotatable bonds is 8. The highest BCUT2D eigenvalue weighted by Crippen LogP contribution is 2.27. The minimum Gasteiger partial charge on any atom is -0.489 e. The summed E-state index contributed by atoms with van der Waals surface area (Å²) in [5, 5.41) is 2.25. The molecule has 1 heterocycles. The first-order valence-corrected chi connectivity index (χ1v) is 12.0. The molecule has 1 aliphatic rings. The number of imide groups is 2. The Balaban J connectivity index is 1.34. The molecule has 188 valence electrons. The van der Waals surface area contributed by atoms with Gasteiger partial charge >= 0.3 is 6.03 Å². The zero-order chi connectivity index (χ0) is 26.3. The molecule has 0 aromatic heterocycles. The topological polar surface area (TPSA) is 84.9 Å². The number of benzene rings is 4. The monoisotopic (exact) mass is 504 g/mol. The fourth-order valence-electron chi connectivity index (χ4n) is 3.95. The van der Waals surface area contributed by atoms with E-state index in [9.17, 15) is 14.4 Å². The smallest absolute Gasteiger partial charge is 0.335 e. The van der Waals surface area contributed by atoms with Gasteiger partial charge in [0.05, 0.1) is 5.69 Å². The van der Waals surface area contributed by atoms with Gasteiger partial charge in [-0.2, -0.15) is 0 Å². The Morgan fingerprint density at radius 1 is 0.658 bits per heavy atom. The minimum atomic E-state index is -0.816. The molecule has 1 saturated heterocycles. The Labute approximate surface area is 219 Å². The van der Waals surface area contributed by atoms with Crippen LogP contribution in [-0.4, -0.2) is 17.8 Å². The number of carbonyl (C=O) groups excluding carboxylic acids is 3. The quantitative estimate of drug-likeness (QED) is 0.253. The summed E-state index contributed by atoms with van der Waals surface area (Å²) >= 11 is 0. The number of anilines is 1. The molecule has 7 heteroatoms. The van der Waals surface area contributed by atoms with Crippen LogP contribution in [-0.2, 0) is 22.8 Å². The average molecular weight is 505 g/mol. The van der Waals surface area contributed by atoms with Gasteiger partial charge in [-0.05, 0) is 47.5 Å². The lowest BCUT2D eigenvalue weighted by Crippen LogP contribution is -2.54. The number of para-hydroxylation sites is 1. The van der Waals surface area contributed by atoms with Crippen LogP contribution < -0.4 is 19.7 Å². The number of nitrogens with one attached hydrogen (secondary N) is 1. The van der Waals surface area contributed by atoms with Crippen molar-refractivity contribution in [3.63, 3.8) is 0 Å². The van der Waals surface area contributed by atoms with Crippen molar-refractivity contribution in [2.24, 2.45) is 0 Å². The summed E-state index contributed by atoms with van der Waals surface area (Å²) in [6, 6.07) is 32.2. The van der Waals surface area contributed by atoms with Crippen LogP contribution in [0.5, 0.6) is 11.5 Å². The van der Waals surface area contributed by atoms with Crippen LogP contribution in [0.1, 0.15) is 16.7 Å². The first-order chi connectivity index (χ1) is 18.6. The lowest BCUT2D eigenvalue weighted by molar-refractivity contribution is -0.122. The van der Waals surface area contributed by atoms with Crippen LogP contribution in [0.2, 0.25) is 0 Å². The van der Waals surface area contributed by atoms with Gasteiger partial charge in [0.1, 0.15) is 30.3 Å². The predicted molar refractivity (Wildman–Crippen MR) is 143 cm³/mol. The maximum absolute atomic E-state index is 13.3. The number of ether oxygens (including phenoxy) is 2. The van der Waals surface area contributed by atoms with E-state index in [1.54, 1.807) is 42.5 Å². The molecule has 1 fully saturated rings. The number of urea groups is 1. The fraction of sp³-hybridized carbons (Fsp3) is 0.0645. The van der Waals surface area contributed by atoms with Crippen LogP contribution in [0, 0.1) is 0 Å². The summed E-state index contributed by atoms with van der Waals surface area (Å²) in [6.45, 7) is 0.709. The van der Waals surface area contributed by atoms with Gasteiger partial charge in [-0.15, -0.1) is 0 Å². The van der Waals surface area contributed by atoms with Gasteiger partial charge in [0.15, 0.2) is 0 Å². The summed E-state index contributed by atoms with van der Waals surface area (Å²) in [7, 11) is 0. The fourth-order valence-corrected chi connectivity index (χ4v) is 3.95. The van der Waals surface area contributed by atoms with E-state index in [4.69, 9.17) is 9.47 Å². The van der Waals surface area contributed by atoms with Crippen LogP contribution >= 0.6 is 0 Å². The molecular formula is C31H24N2O5. The molecule has 0 radical (unpaired) electrons. The van der Waals surface area contributed by atoms with Crippen molar-refractivity contribution in [3.05, 3.63) is 131 Å². The summed E-state index contributed by atoms with van der Waals surface area (Å²) in [5.74, 6) is -0.405. The maximum Gasteiger partial charge on any atom is 0.335 e. The van der Waals surface area contributed by atoms with E-state index in [0.717, 1.165) is 16.0 Å². The van der Waals surface area contributed by atoms with Crippen LogP contribution in [0.25, 0.3) is 6.08 Å². The molecule has 0 bridgehead atoms. The third kappa shape index (κ3) is 5.63. The SMILES string of the molecule is O=C1NC(=O)N(c2ccc(OCc3ccccc3)cc2)C(=O)/C1=C/c1ccccc1OCc1ccccc1. The molecular weight excluding hydrogens is 480 g/mol. The Morgan fingerprint density at radius 3 is 1.89 bits per heavy atom. The third-order valence-corrected chi connectivity index (χ3v) is 5.90. The van der Waals surface area contributed by atoms with E-state index in [2.05, 4.69) is 5.32 Å². The van der Waals surface area contributed by atoms with E-state index in [-0.39, 0.29) is 5.57 Å². The summed E-state index contributed by atoms with van der Waals surface area (Å²) in [4.78, 5) is 39.6. The predicted octanol–water partition coefficient (Wildman–Crippen LogP) is 5.51. The Bertz CT molecular complexity index is 1480. The normalized spacial score (nSPS) is 14.4. The molecule has 1 aliphatic heterocycles. The van der Waals surface area contributed by atoms with Crippen molar-refractivity contribution < 1.29 is 23.9 Å². The van der Waals surface area contributed by atoms with Gasteiger partial charge in [0.2, 0.25) is 0 Å². The van der Waals surface area contributed by atoms with Gasteiger partial charge in [-0.1, -0.05) is 78.9 Å². The van der Waals surface area contributed by atoms with Crippen molar-refractivity contribution >= 4 is 29.6 Å². The number of nitrogens with zero attached hydrogens (tertiary/aromatic N) is 1. The Hall–Kier alpha value is -5.17. The second-order valence-electron chi connectivity index (χ2n) is 8.54. The van der Waals surface area contributed by atoms with Gasteiger partial charge in [0, 0.05) is 5.56 Å². The maximum atomic E-state index is 13.3. The first kappa shape index (κ1) is 24.5. The lowest BCUT2D eigenvalue weighted by atomic mass is 10.1. The third-order valence-electron chi connectivity index (χ3n) is 5.90. The van der Waals surface area contributed by atoms with Gasteiger partial charge < -0.3 is 9.47 Å². The summed E-state index contributed by atoms with van der Waals surface area (Å²) in [6.07, 6.45) is 1.44. The largest absolute Gasteiger partial charge is 0.489 e. The summed E-state index contributed by atoms with van der Waals surface area (Å²) in [5.41, 5.74) is 2.68. The second-order valence-corrected chi connectivity index (χ2v) is 8.54. The molecule has 0 saturated carbocycles. The number of carbonyl (C=O) groups is 3. The zero-order valence-electron chi connectivity index (χ0n) is 20.4. The van der Waals surface area contributed by atoms with Crippen LogP contribution in [0.15, 0.2) is 115 Å². The van der Waals surface area contributed by atoms with Crippen molar-refractivity contribution in [2.75, 3.05) is 4.90 Å². The Kier molecular flexibility index (Phi) is 7.27. The molecule has 1 N–H and O–H groups in total. The molecule has 38 heavy (non-hydrogen) atoms. The molecule has 4 aromatic carbocycles. The zero-order valence-corrected chi connectivity index (χ0v) is 20.4. The van der Waals surface area contributed by atoms with Crippen LogP contribution in [0.4, 0.5) is 10.5 Å². The van der Waals surface area contributed by atoms with Crippen molar-refractivity contribution in [2.45, 2.75) is 13.2 Å². The van der Waals surface area contributed by atoms with Crippen molar-refractivity contribution in [1.29, 1.82) is 0 Å². The molecule has 4 amide bonds. The number of hydrogen-bond acceptors (Lipinski definition) is 5. The molecule has 0 atom stereocenters. The van der Waals surface area contributed by atoms with Crippen molar-refractivity contribution in [3.8, 4) is 11.5 Å². The molecule has 0 spiro atoms. The Morgan fingerprint density at radius 2 is 1.24 bits per heavy atom. The van der Waals surface area contributed by atoms with E-state index in [0.29, 0.717) is 36.0 Å².